The molecule has 0 aromatic carbocycles. The summed E-state index contributed by atoms with van der Waals surface area (Å²) in [7, 11) is 0. The molecule has 4 nitrogen and oxygen atoms in total. The summed E-state index contributed by atoms with van der Waals surface area (Å²) in [5.41, 5.74) is 6.29. The van der Waals surface area contributed by atoms with Crippen molar-refractivity contribution in [3.63, 3.8) is 0 Å². The van der Waals surface area contributed by atoms with Crippen LogP contribution in [-0.2, 0) is 0 Å². The second kappa shape index (κ2) is 2.76. The Labute approximate surface area is 79.8 Å². The molecular formula is C8H10F2N4. The molecule has 1 aliphatic heterocycles. The number of nitrogens with two attached hydrogens (primary N) is 1. The van der Waals surface area contributed by atoms with Crippen molar-refractivity contribution in [2.24, 2.45) is 0 Å². The molecule has 0 aliphatic carbocycles. The highest BCUT2D eigenvalue weighted by Gasteiger charge is 2.45. The number of nitrogen functional groups attached to an aromatic ring is 1. The normalized spacial score (nSPS) is 19.2. The Morgan fingerprint density at radius 1 is 1.50 bits per heavy atom. The summed E-state index contributed by atoms with van der Waals surface area (Å²) in [4.78, 5) is 9.25. The first-order valence-corrected chi connectivity index (χ1v) is 4.20. The predicted molar refractivity (Wildman–Crippen MR) is 48.3 cm³/mol. The van der Waals surface area contributed by atoms with E-state index in [0.717, 1.165) is 5.56 Å². The van der Waals surface area contributed by atoms with Gasteiger partial charge in [-0.05, 0) is 6.92 Å². The Hall–Kier alpha value is -1.46. The molecule has 1 fully saturated rings. The Balaban J connectivity index is 2.16. The SMILES string of the molecule is Cc1cnc(N2CC(F)(F)C2)nc1N. The molecule has 0 spiro atoms. The van der Waals surface area contributed by atoms with Gasteiger partial charge in [-0.3, -0.25) is 0 Å². The number of hydrogen-bond donors (Lipinski definition) is 1. The summed E-state index contributed by atoms with van der Waals surface area (Å²) >= 11 is 0. The number of alkyl halides is 2. The van der Waals surface area contributed by atoms with Gasteiger partial charge in [0.2, 0.25) is 5.95 Å². The van der Waals surface area contributed by atoms with Crippen LogP contribution in [0, 0.1) is 6.92 Å². The number of aromatic nitrogens is 2. The van der Waals surface area contributed by atoms with E-state index in [2.05, 4.69) is 9.97 Å². The average Bonchev–Trinajstić information content (AvgIpc) is 2.06. The maximum Gasteiger partial charge on any atom is 0.282 e. The van der Waals surface area contributed by atoms with Crippen LogP contribution >= 0.6 is 0 Å². The first-order valence-electron chi connectivity index (χ1n) is 4.20. The first-order chi connectivity index (χ1) is 6.48. The molecule has 2 N–H and O–H groups in total. The highest BCUT2D eigenvalue weighted by molar-refractivity contribution is 5.45. The Bertz CT molecular complexity index is 358. The van der Waals surface area contributed by atoms with Gasteiger partial charge in [0.1, 0.15) is 5.82 Å². The molecule has 0 amide bonds. The fraction of sp³-hybridized carbons (Fsp3) is 0.500. The summed E-state index contributed by atoms with van der Waals surface area (Å²) in [5, 5.41) is 0. The number of halogens is 2. The number of anilines is 2. The molecular weight excluding hydrogens is 190 g/mol. The van der Waals surface area contributed by atoms with Gasteiger partial charge in [0, 0.05) is 11.8 Å². The quantitative estimate of drug-likeness (QED) is 0.729. The van der Waals surface area contributed by atoms with Crippen molar-refractivity contribution in [1.82, 2.24) is 9.97 Å². The van der Waals surface area contributed by atoms with E-state index in [4.69, 9.17) is 5.73 Å². The number of rotatable bonds is 1. The van der Waals surface area contributed by atoms with E-state index in [9.17, 15) is 8.78 Å². The largest absolute Gasteiger partial charge is 0.383 e. The van der Waals surface area contributed by atoms with Crippen molar-refractivity contribution < 1.29 is 8.78 Å². The minimum Gasteiger partial charge on any atom is -0.383 e. The lowest BCUT2D eigenvalue weighted by molar-refractivity contribution is -0.0271. The molecule has 0 unspecified atom stereocenters. The molecule has 0 bridgehead atoms. The summed E-state index contributed by atoms with van der Waals surface area (Å²) in [5.74, 6) is -1.99. The average molecular weight is 200 g/mol. The van der Waals surface area contributed by atoms with E-state index in [0.29, 0.717) is 5.82 Å². The summed E-state index contributed by atoms with van der Waals surface area (Å²) in [6, 6.07) is 0. The van der Waals surface area contributed by atoms with Crippen LogP contribution in [0.3, 0.4) is 0 Å². The fourth-order valence-electron chi connectivity index (χ4n) is 1.25. The minimum atomic E-state index is -2.61. The predicted octanol–water partition coefficient (Wildman–Crippen LogP) is 0.823. The lowest BCUT2D eigenvalue weighted by Gasteiger charge is -2.38. The lowest BCUT2D eigenvalue weighted by atomic mass is 10.2. The zero-order valence-electron chi connectivity index (χ0n) is 7.67. The van der Waals surface area contributed by atoms with Crippen molar-refractivity contribution >= 4 is 11.8 Å². The van der Waals surface area contributed by atoms with Crippen LogP contribution < -0.4 is 10.6 Å². The summed E-state index contributed by atoms with van der Waals surface area (Å²) < 4.78 is 25.1. The molecule has 1 aliphatic rings. The number of nitrogens with zero attached hydrogens (tertiary/aromatic N) is 3. The highest BCUT2D eigenvalue weighted by Crippen LogP contribution is 2.29. The van der Waals surface area contributed by atoms with Crippen LogP contribution in [0.4, 0.5) is 20.5 Å². The second-order valence-corrected chi connectivity index (χ2v) is 3.45. The van der Waals surface area contributed by atoms with Crippen molar-refractivity contribution in [2.75, 3.05) is 23.7 Å². The Kier molecular flexibility index (Phi) is 1.80. The molecule has 14 heavy (non-hydrogen) atoms. The molecule has 76 valence electrons. The van der Waals surface area contributed by atoms with E-state index in [1.165, 1.54) is 11.1 Å². The zero-order valence-corrected chi connectivity index (χ0v) is 7.67. The van der Waals surface area contributed by atoms with Gasteiger partial charge in [0.25, 0.3) is 5.92 Å². The molecule has 1 aromatic heterocycles. The van der Waals surface area contributed by atoms with Crippen LogP contribution in [-0.4, -0.2) is 29.0 Å². The van der Waals surface area contributed by atoms with Crippen LogP contribution in [0.2, 0.25) is 0 Å². The van der Waals surface area contributed by atoms with E-state index in [1.807, 2.05) is 0 Å². The van der Waals surface area contributed by atoms with Gasteiger partial charge < -0.3 is 10.6 Å². The van der Waals surface area contributed by atoms with Crippen molar-refractivity contribution in [2.45, 2.75) is 12.8 Å². The second-order valence-electron chi connectivity index (χ2n) is 3.45. The van der Waals surface area contributed by atoms with Crippen LogP contribution in [0.1, 0.15) is 5.56 Å². The molecule has 6 heteroatoms. The molecule has 1 saturated heterocycles. The molecule has 1 aromatic rings. The zero-order chi connectivity index (χ0) is 10.3. The summed E-state index contributed by atoms with van der Waals surface area (Å²) in [6.45, 7) is 1.12. The van der Waals surface area contributed by atoms with Gasteiger partial charge in [-0.25, -0.2) is 13.8 Å². The Morgan fingerprint density at radius 3 is 2.64 bits per heavy atom. The lowest BCUT2D eigenvalue weighted by Crippen LogP contribution is -2.57. The first kappa shape index (κ1) is 9.11. The number of aryl methyl sites for hydroxylation is 1. The topological polar surface area (TPSA) is 55.0 Å². The van der Waals surface area contributed by atoms with E-state index < -0.39 is 5.92 Å². The van der Waals surface area contributed by atoms with E-state index in [-0.39, 0.29) is 19.0 Å². The number of hydrogen-bond acceptors (Lipinski definition) is 4. The van der Waals surface area contributed by atoms with E-state index >= 15 is 0 Å². The molecule has 0 atom stereocenters. The van der Waals surface area contributed by atoms with Crippen molar-refractivity contribution in [1.29, 1.82) is 0 Å². The van der Waals surface area contributed by atoms with Gasteiger partial charge in [0.05, 0.1) is 13.1 Å². The van der Waals surface area contributed by atoms with Gasteiger partial charge in [-0.2, -0.15) is 4.98 Å². The molecule has 2 rings (SSSR count). The third-order valence-electron chi connectivity index (χ3n) is 2.13. The fourth-order valence-corrected chi connectivity index (χ4v) is 1.25. The van der Waals surface area contributed by atoms with Crippen LogP contribution in [0.25, 0.3) is 0 Å². The molecule has 0 saturated carbocycles. The molecule has 0 radical (unpaired) electrons. The van der Waals surface area contributed by atoms with Gasteiger partial charge in [0.15, 0.2) is 0 Å². The molecule has 2 heterocycles. The third kappa shape index (κ3) is 1.47. The Morgan fingerprint density at radius 2 is 2.14 bits per heavy atom. The highest BCUT2D eigenvalue weighted by atomic mass is 19.3. The van der Waals surface area contributed by atoms with Gasteiger partial charge >= 0.3 is 0 Å². The van der Waals surface area contributed by atoms with Crippen LogP contribution in [0.15, 0.2) is 6.20 Å². The van der Waals surface area contributed by atoms with Gasteiger partial charge in [-0.1, -0.05) is 0 Å². The van der Waals surface area contributed by atoms with Gasteiger partial charge in [-0.15, -0.1) is 0 Å². The van der Waals surface area contributed by atoms with E-state index in [1.54, 1.807) is 6.92 Å². The minimum absolute atomic E-state index is 0.277. The van der Waals surface area contributed by atoms with Crippen LogP contribution in [0.5, 0.6) is 0 Å². The van der Waals surface area contributed by atoms with Crippen molar-refractivity contribution in [3.05, 3.63) is 11.8 Å². The third-order valence-corrected chi connectivity index (χ3v) is 2.13. The van der Waals surface area contributed by atoms with Crippen molar-refractivity contribution in [3.8, 4) is 0 Å². The standard InChI is InChI=1S/C8H10F2N4/c1-5-2-12-7(13-6(5)11)14-3-8(9,10)4-14/h2H,3-4H2,1H3,(H2,11,12,13). The smallest absolute Gasteiger partial charge is 0.282 e. The maximum absolute atomic E-state index is 12.5. The monoisotopic (exact) mass is 200 g/mol. The maximum atomic E-state index is 12.5. The summed E-state index contributed by atoms with van der Waals surface area (Å²) in [6.07, 6.45) is 1.54.